The number of hydrogen-bond donors (Lipinski definition) is 0. The predicted octanol–water partition coefficient (Wildman–Crippen LogP) is 5.39. The summed E-state index contributed by atoms with van der Waals surface area (Å²) in [4.78, 5) is 20.7. The van der Waals surface area contributed by atoms with Crippen molar-refractivity contribution >= 4 is 11.7 Å². The topological polar surface area (TPSA) is 44.6 Å². The summed E-state index contributed by atoms with van der Waals surface area (Å²) in [5.74, 6) is 0.605. The maximum Gasteiger partial charge on any atom is 0.230 e. The highest BCUT2D eigenvalue weighted by Crippen LogP contribution is 2.32. The zero-order valence-electron chi connectivity index (χ0n) is 22.8. The SMILES string of the molecule is CCC(C(=O)N(Cc1c(C)nn(-c2cccc(F)c2)c1N1CCN(CC)CC1)C(C)C)c1ccccc1. The van der Waals surface area contributed by atoms with Crippen LogP contribution in [0.4, 0.5) is 10.2 Å². The van der Waals surface area contributed by atoms with Crippen molar-refractivity contribution < 1.29 is 9.18 Å². The zero-order valence-corrected chi connectivity index (χ0v) is 22.8. The minimum atomic E-state index is -0.290. The summed E-state index contributed by atoms with van der Waals surface area (Å²) >= 11 is 0. The Labute approximate surface area is 220 Å². The van der Waals surface area contributed by atoms with Gasteiger partial charge >= 0.3 is 0 Å². The molecule has 198 valence electrons. The van der Waals surface area contributed by atoms with Gasteiger partial charge < -0.3 is 14.7 Å². The Balaban J connectivity index is 1.74. The molecule has 6 nitrogen and oxygen atoms in total. The van der Waals surface area contributed by atoms with Crippen LogP contribution >= 0.6 is 0 Å². The van der Waals surface area contributed by atoms with Crippen LogP contribution in [0.3, 0.4) is 0 Å². The number of piperazine rings is 1. The Morgan fingerprint density at radius 3 is 2.32 bits per heavy atom. The number of hydrogen-bond acceptors (Lipinski definition) is 4. The fourth-order valence-corrected chi connectivity index (χ4v) is 5.24. The van der Waals surface area contributed by atoms with Gasteiger partial charge in [0, 0.05) is 37.8 Å². The standard InChI is InChI=1S/C30H40FN5O/c1-6-27(24-12-9-8-10-13-24)30(37)35(22(3)4)21-28-23(5)32-36(26-15-11-14-25(31)20-26)29(28)34-18-16-33(7-2)17-19-34/h8-15,20,22,27H,6-7,16-19,21H2,1-5H3. The van der Waals surface area contributed by atoms with Gasteiger partial charge in [-0.3, -0.25) is 4.79 Å². The van der Waals surface area contributed by atoms with Crippen molar-refractivity contribution in [3.8, 4) is 5.69 Å². The van der Waals surface area contributed by atoms with Crippen LogP contribution in [0.15, 0.2) is 54.6 Å². The van der Waals surface area contributed by atoms with Gasteiger partial charge in [-0.15, -0.1) is 0 Å². The Morgan fingerprint density at radius 1 is 1.03 bits per heavy atom. The van der Waals surface area contributed by atoms with Gasteiger partial charge in [-0.1, -0.05) is 50.2 Å². The molecule has 0 radical (unpaired) electrons. The number of carbonyl (C=O) groups is 1. The molecule has 2 heterocycles. The van der Waals surface area contributed by atoms with Gasteiger partial charge in [-0.25, -0.2) is 9.07 Å². The number of aromatic nitrogens is 2. The minimum Gasteiger partial charge on any atom is -0.354 e. The number of aryl methyl sites for hydroxylation is 1. The number of nitrogens with zero attached hydrogens (tertiary/aromatic N) is 5. The van der Waals surface area contributed by atoms with E-state index in [1.54, 1.807) is 6.07 Å². The summed E-state index contributed by atoms with van der Waals surface area (Å²) in [6, 6.07) is 16.6. The third kappa shape index (κ3) is 5.87. The summed E-state index contributed by atoms with van der Waals surface area (Å²) in [6.07, 6.45) is 0.736. The first kappa shape index (κ1) is 26.9. The van der Waals surface area contributed by atoms with E-state index >= 15 is 0 Å². The van der Waals surface area contributed by atoms with Crippen LogP contribution in [0.2, 0.25) is 0 Å². The summed E-state index contributed by atoms with van der Waals surface area (Å²) in [5.41, 5.74) is 3.63. The first-order valence-electron chi connectivity index (χ1n) is 13.5. The Hall–Kier alpha value is -3.19. The van der Waals surface area contributed by atoms with Gasteiger partial charge in [0.15, 0.2) is 0 Å². The van der Waals surface area contributed by atoms with E-state index in [0.29, 0.717) is 12.2 Å². The van der Waals surface area contributed by atoms with E-state index in [0.717, 1.165) is 61.8 Å². The van der Waals surface area contributed by atoms with Crippen LogP contribution in [-0.2, 0) is 11.3 Å². The average Bonchev–Trinajstić information content (AvgIpc) is 3.23. The molecule has 3 aromatic rings. The van der Waals surface area contributed by atoms with E-state index in [2.05, 4.69) is 37.5 Å². The van der Waals surface area contributed by atoms with Crippen molar-refractivity contribution in [2.45, 2.75) is 59.5 Å². The van der Waals surface area contributed by atoms with Crippen molar-refractivity contribution in [1.29, 1.82) is 0 Å². The normalized spacial score (nSPS) is 15.3. The van der Waals surface area contributed by atoms with E-state index in [1.807, 2.05) is 52.9 Å². The van der Waals surface area contributed by atoms with Crippen molar-refractivity contribution in [3.63, 3.8) is 0 Å². The Kier molecular flexibility index (Phi) is 8.64. The van der Waals surface area contributed by atoms with Crippen molar-refractivity contribution in [1.82, 2.24) is 19.6 Å². The number of benzene rings is 2. The molecule has 1 unspecified atom stereocenters. The molecule has 1 atom stereocenters. The lowest BCUT2D eigenvalue weighted by Crippen LogP contribution is -2.47. The summed E-state index contributed by atoms with van der Waals surface area (Å²) in [7, 11) is 0. The molecule has 1 aliphatic heterocycles. The number of halogens is 1. The van der Waals surface area contributed by atoms with Gasteiger partial charge in [0.2, 0.25) is 5.91 Å². The maximum absolute atomic E-state index is 14.2. The lowest BCUT2D eigenvalue weighted by atomic mass is 9.94. The lowest BCUT2D eigenvalue weighted by molar-refractivity contribution is -0.135. The van der Waals surface area contributed by atoms with E-state index in [1.165, 1.54) is 12.1 Å². The number of carbonyl (C=O) groups excluding carboxylic acids is 1. The first-order chi connectivity index (χ1) is 17.8. The molecule has 2 aromatic carbocycles. The molecule has 0 saturated carbocycles. The van der Waals surface area contributed by atoms with Gasteiger partial charge in [0.05, 0.1) is 23.8 Å². The molecule has 0 spiro atoms. The van der Waals surface area contributed by atoms with E-state index < -0.39 is 0 Å². The van der Waals surface area contributed by atoms with Gasteiger partial charge in [0.1, 0.15) is 11.6 Å². The number of rotatable bonds is 9. The minimum absolute atomic E-state index is 0.0203. The maximum atomic E-state index is 14.2. The molecule has 1 aromatic heterocycles. The highest BCUT2D eigenvalue weighted by molar-refractivity contribution is 5.84. The molecular formula is C30H40FN5O. The van der Waals surface area contributed by atoms with E-state index in [9.17, 15) is 9.18 Å². The van der Waals surface area contributed by atoms with E-state index in [-0.39, 0.29) is 23.7 Å². The third-order valence-electron chi connectivity index (χ3n) is 7.47. The Morgan fingerprint density at radius 2 is 1.73 bits per heavy atom. The number of likely N-dealkylation sites (N-methyl/N-ethyl adjacent to an activating group) is 1. The van der Waals surface area contributed by atoms with Gasteiger partial charge in [-0.05, 0) is 57.5 Å². The number of anilines is 1. The predicted molar refractivity (Wildman–Crippen MR) is 148 cm³/mol. The second kappa shape index (κ2) is 11.9. The van der Waals surface area contributed by atoms with Crippen LogP contribution < -0.4 is 4.90 Å². The zero-order chi connectivity index (χ0) is 26.5. The largest absolute Gasteiger partial charge is 0.354 e. The molecule has 0 N–H and O–H groups in total. The first-order valence-corrected chi connectivity index (χ1v) is 13.5. The van der Waals surface area contributed by atoms with Crippen LogP contribution in [0, 0.1) is 12.7 Å². The van der Waals surface area contributed by atoms with Crippen LogP contribution in [-0.4, -0.2) is 64.3 Å². The summed E-state index contributed by atoms with van der Waals surface area (Å²) in [6.45, 7) is 15.5. The molecule has 1 saturated heterocycles. The highest BCUT2D eigenvalue weighted by Gasteiger charge is 2.31. The highest BCUT2D eigenvalue weighted by atomic mass is 19.1. The van der Waals surface area contributed by atoms with Crippen LogP contribution in [0.25, 0.3) is 5.69 Å². The molecule has 7 heteroatoms. The van der Waals surface area contributed by atoms with Crippen molar-refractivity contribution in [2.24, 2.45) is 0 Å². The quantitative estimate of drug-likeness (QED) is 0.391. The van der Waals surface area contributed by atoms with Crippen molar-refractivity contribution in [2.75, 3.05) is 37.6 Å². The number of amides is 1. The Bertz CT molecular complexity index is 1180. The monoisotopic (exact) mass is 505 g/mol. The van der Waals surface area contributed by atoms with Crippen LogP contribution in [0.1, 0.15) is 56.9 Å². The summed E-state index contributed by atoms with van der Waals surface area (Å²) in [5, 5.41) is 4.89. The second-order valence-corrected chi connectivity index (χ2v) is 10.1. The fraction of sp³-hybridized carbons (Fsp3) is 0.467. The fourth-order valence-electron chi connectivity index (χ4n) is 5.24. The lowest BCUT2D eigenvalue weighted by Gasteiger charge is -2.37. The van der Waals surface area contributed by atoms with E-state index in [4.69, 9.17) is 5.10 Å². The molecular weight excluding hydrogens is 465 g/mol. The average molecular weight is 506 g/mol. The summed E-state index contributed by atoms with van der Waals surface area (Å²) < 4.78 is 16.1. The molecule has 0 bridgehead atoms. The smallest absolute Gasteiger partial charge is 0.230 e. The third-order valence-corrected chi connectivity index (χ3v) is 7.47. The molecule has 37 heavy (non-hydrogen) atoms. The van der Waals surface area contributed by atoms with Crippen LogP contribution in [0.5, 0.6) is 0 Å². The molecule has 0 aliphatic carbocycles. The second-order valence-electron chi connectivity index (χ2n) is 10.1. The van der Waals surface area contributed by atoms with Crippen molar-refractivity contribution in [3.05, 3.63) is 77.2 Å². The molecule has 1 aliphatic rings. The van der Waals surface area contributed by atoms with Gasteiger partial charge in [0.25, 0.3) is 0 Å². The molecule has 1 amide bonds. The molecule has 4 rings (SSSR count). The van der Waals surface area contributed by atoms with Gasteiger partial charge in [-0.2, -0.15) is 5.10 Å². The molecule has 1 fully saturated rings.